The van der Waals surface area contributed by atoms with Gasteiger partial charge in [0.2, 0.25) is 0 Å². The molecule has 0 bridgehead atoms. The van der Waals surface area contributed by atoms with Crippen LogP contribution in [0.15, 0.2) is 0 Å². The molecule has 0 aromatic heterocycles. The second-order valence-corrected chi connectivity index (χ2v) is 4.88. The Balaban J connectivity index is 1.91. The van der Waals surface area contributed by atoms with Crippen LogP contribution in [0.25, 0.3) is 0 Å². The molecule has 0 saturated heterocycles. The Morgan fingerprint density at radius 3 is 2.43 bits per heavy atom. The molecule has 1 nitrogen and oxygen atoms in total. The molecule has 1 fully saturated rings. The third-order valence-corrected chi connectivity index (χ3v) is 3.36. The van der Waals surface area contributed by atoms with Gasteiger partial charge in [-0.05, 0) is 50.9 Å². The molecule has 0 aromatic rings. The SMILES string of the molecule is CC1CCC(OCCCCCCl)CC1. The van der Waals surface area contributed by atoms with E-state index in [0.29, 0.717) is 6.10 Å². The normalized spacial score (nSPS) is 27.9. The van der Waals surface area contributed by atoms with E-state index in [1.165, 1.54) is 38.5 Å². The summed E-state index contributed by atoms with van der Waals surface area (Å²) >= 11 is 5.60. The van der Waals surface area contributed by atoms with Crippen molar-refractivity contribution in [2.45, 2.75) is 58.0 Å². The summed E-state index contributed by atoms with van der Waals surface area (Å²) in [7, 11) is 0. The monoisotopic (exact) mass is 218 g/mol. The van der Waals surface area contributed by atoms with Crippen molar-refractivity contribution in [2.75, 3.05) is 12.5 Å². The van der Waals surface area contributed by atoms with Gasteiger partial charge in [-0.25, -0.2) is 0 Å². The lowest BCUT2D eigenvalue weighted by Gasteiger charge is -2.26. The number of hydrogen-bond donors (Lipinski definition) is 0. The Kier molecular flexibility index (Phi) is 6.63. The average Bonchev–Trinajstić information content (AvgIpc) is 2.21. The van der Waals surface area contributed by atoms with Crippen molar-refractivity contribution in [3.05, 3.63) is 0 Å². The Labute approximate surface area is 93.2 Å². The van der Waals surface area contributed by atoms with Gasteiger partial charge in [-0.15, -0.1) is 11.6 Å². The zero-order chi connectivity index (χ0) is 10.2. The van der Waals surface area contributed by atoms with Gasteiger partial charge in [0.15, 0.2) is 0 Å². The van der Waals surface area contributed by atoms with Gasteiger partial charge in [0.05, 0.1) is 6.10 Å². The molecule has 0 amide bonds. The van der Waals surface area contributed by atoms with Gasteiger partial charge in [0.25, 0.3) is 0 Å². The van der Waals surface area contributed by atoms with Gasteiger partial charge >= 0.3 is 0 Å². The van der Waals surface area contributed by atoms with E-state index in [2.05, 4.69) is 6.92 Å². The first kappa shape index (κ1) is 12.3. The smallest absolute Gasteiger partial charge is 0.0575 e. The van der Waals surface area contributed by atoms with Crippen LogP contribution in [0.1, 0.15) is 51.9 Å². The van der Waals surface area contributed by atoms with Crippen LogP contribution in [-0.2, 0) is 4.74 Å². The van der Waals surface area contributed by atoms with E-state index in [1.807, 2.05) is 0 Å². The maximum atomic E-state index is 5.83. The Hall–Kier alpha value is 0.250. The molecule has 0 atom stereocenters. The van der Waals surface area contributed by atoms with Gasteiger partial charge in [0, 0.05) is 12.5 Å². The van der Waals surface area contributed by atoms with Crippen LogP contribution in [-0.4, -0.2) is 18.6 Å². The molecule has 0 heterocycles. The van der Waals surface area contributed by atoms with E-state index in [0.717, 1.165) is 24.8 Å². The highest BCUT2D eigenvalue weighted by Crippen LogP contribution is 2.25. The van der Waals surface area contributed by atoms with Crippen LogP contribution >= 0.6 is 11.6 Å². The number of rotatable bonds is 6. The lowest BCUT2D eigenvalue weighted by Crippen LogP contribution is -2.20. The predicted molar refractivity (Wildman–Crippen MR) is 61.9 cm³/mol. The Morgan fingerprint density at radius 1 is 1.07 bits per heavy atom. The third kappa shape index (κ3) is 5.21. The second kappa shape index (κ2) is 7.53. The first-order valence-electron chi connectivity index (χ1n) is 6.00. The standard InChI is InChI=1S/C12H23ClO/c1-11-5-7-12(8-6-11)14-10-4-2-3-9-13/h11-12H,2-10H2,1H3. The zero-order valence-corrected chi connectivity index (χ0v) is 10.1. The molecule has 0 aromatic carbocycles. The van der Waals surface area contributed by atoms with E-state index >= 15 is 0 Å². The van der Waals surface area contributed by atoms with Crippen LogP contribution in [0.2, 0.25) is 0 Å². The van der Waals surface area contributed by atoms with Gasteiger partial charge in [-0.2, -0.15) is 0 Å². The largest absolute Gasteiger partial charge is 0.378 e. The van der Waals surface area contributed by atoms with Crippen LogP contribution < -0.4 is 0 Å². The lowest BCUT2D eigenvalue weighted by molar-refractivity contribution is 0.0180. The van der Waals surface area contributed by atoms with Crippen LogP contribution in [0.3, 0.4) is 0 Å². The van der Waals surface area contributed by atoms with Crippen molar-refractivity contribution < 1.29 is 4.74 Å². The number of alkyl halides is 1. The van der Waals surface area contributed by atoms with Crippen molar-refractivity contribution in [2.24, 2.45) is 5.92 Å². The molecule has 0 unspecified atom stereocenters. The number of ether oxygens (including phenoxy) is 1. The molecule has 0 aliphatic heterocycles. The predicted octanol–water partition coefficient (Wildman–Crippen LogP) is 3.99. The highest BCUT2D eigenvalue weighted by Gasteiger charge is 2.17. The fraction of sp³-hybridized carbons (Fsp3) is 1.00. The summed E-state index contributed by atoms with van der Waals surface area (Å²) in [6, 6.07) is 0. The molecule has 0 spiro atoms. The number of halogens is 1. The first-order valence-corrected chi connectivity index (χ1v) is 6.54. The minimum atomic E-state index is 0.558. The Morgan fingerprint density at radius 2 is 1.79 bits per heavy atom. The molecule has 84 valence electrons. The Bertz CT molecular complexity index is 130. The number of hydrogen-bond acceptors (Lipinski definition) is 1. The van der Waals surface area contributed by atoms with E-state index in [-0.39, 0.29) is 0 Å². The minimum absolute atomic E-state index is 0.558. The topological polar surface area (TPSA) is 9.23 Å². The van der Waals surface area contributed by atoms with Crippen LogP contribution in [0, 0.1) is 5.92 Å². The summed E-state index contributed by atoms with van der Waals surface area (Å²) in [6.45, 7) is 3.28. The van der Waals surface area contributed by atoms with E-state index in [1.54, 1.807) is 0 Å². The van der Waals surface area contributed by atoms with Crippen molar-refractivity contribution in [1.29, 1.82) is 0 Å². The molecule has 1 saturated carbocycles. The molecule has 1 rings (SSSR count). The molecule has 2 heteroatoms. The summed E-state index contributed by atoms with van der Waals surface area (Å²) in [6.07, 6.45) is 9.34. The van der Waals surface area contributed by atoms with E-state index in [9.17, 15) is 0 Å². The first-order chi connectivity index (χ1) is 6.83. The van der Waals surface area contributed by atoms with Crippen molar-refractivity contribution in [1.82, 2.24) is 0 Å². The maximum Gasteiger partial charge on any atom is 0.0575 e. The van der Waals surface area contributed by atoms with Crippen LogP contribution in [0.5, 0.6) is 0 Å². The van der Waals surface area contributed by atoms with Gasteiger partial charge in [-0.1, -0.05) is 6.92 Å². The quantitative estimate of drug-likeness (QED) is 0.484. The molecular weight excluding hydrogens is 196 g/mol. The molecule has 0 radical (unpaired) electrons. The molecule has 0 N–H and O–H groups in total. The van der Waals surface area contributed by atoms with Gasteiger partial charge in [-0.3, -0.25) is 0 Å². The fourth-order valence-electron chi connectivity index (χ4n) is 2.02. The van der Waals surface area contributed by atoms with Gasteiger partial charge in [0.1, 0.15) is 0 Å². The fourth-order valence-corrected chi connectivity index (χ4v) is 2.21. The summed E-state index contributed by atoms with van der Waals surface area (Å²) in [4.78, 5) is 0. The minimum Gasteiger partial charge on any atom is -0.378 e. The highest BCUT2D eigenvalue weighted by molar-refractivity contribution is 6.17. The molecule has 1 aliphatic rings. The van der Waals surface area contributed by atoms with E-state index < -0.39 is 0 Å². The van der Waals surface area contributed by atoms with Crippen molar-refractivity contribution in [3.8, 4) is 0 Å². The second-order valence-electron chi connectivity index (χ2n) is 4.50. The number of unbranched alkanes of at least 4 members (excludes halogenated alkanes) is 2. The summed E-state index contributed by atoms with van der Waals surface area (Å²) in [5.41, 5.74) is 0. The van der Waals surface area contributed by atoms with Crippen molar-refractivity contribution in [3.63, 3.8) is 0 Å². The van der Waals surface area contributed by atoms with Gasteiger partial charge < -0.3 is 4.74 Å². The van der Waals surface area contributed by atoms with Crippen molar-refractivity contribution >= 4 is 11.6 Å². The van der Waals surface area contributed by atoms with Crippen LogP contribution in [0.4, 0.5) is 0 Å². The molecule has 14 heavy (non-hydrogen) atoms. The lowest BCUT2D eigenvalue weighted by atomic mass is 9.89. The third-order valence-electron chi connectivity index (χ3n) is 3.09. The summed E-state index contributed by atoms with van der Waals surface area (Å²) in [5, 5.41) is 0. The zero-order valence-electron chi connectivity index (χ0n) is 9.30. The highest BCUT2D eigenvalue weighted by atomic mass is 35.5. The molecule has 1 aliphatic carbocycles. The summed E-state index contributed by atoms with van der Waals surface area (Å²) in [5.74, 6) is 1.71. The summed E-state index contributed by atoms with van der Waals surface area (Å²) < 4.78 is 5.83. The average molecular weight is 219 g/mol. The van der Waals surface area contributed by atoms with E-state index in [4.69, 9.17) is 16.3 Å². The maximum absolute atomic E-state index is 5.83. The molecular formula is C12H23ClO.